The Morgan fingerprint density at radius 2 is 1.83 bits per heavy atom. The first-order chi connectivity index (χ1) is 11.4. The fourth-order valence-corrected chi connectivity index (χ4v) is 6.28. The molecule has 3 aliphatic rings. The Hall–Kier alpha value is -0.520. The van der Waals surface area contributed by atoms with Crippen molar-refractivity contribution in [1.29, 1.82) is 0 Å². The van der Waals surface area contributed by atoms with Crippen molar-refractivity contribution < 1.29 is 0 Å². The maximum Gasteiger partial charge on any atom is -0.0203 e. The number of hydrogen-bond donors (Lipinski definition) is 0. The molecule has 0 saturated heterocycles. The van der Waals surface area contributed by atoms with Gasteiger partial charge in [-0.05, 0) is 80.5 Å². The Morgan fingerprint density at radius 3 is 2.38 bits per heavy atom. The number of rotatable bonds is 1. The molecule has 0 aromatic heterocycles. The average Bonchev–Trinajstić information content (AvgIpc) is 2.84. The van der Waals surface area contributed by atoms with Crippen LogP contribution in [0.4, 0.5) is 0 Å². The predicted molar refractivity (Wildman–Crippen MR) is 110 cm³/mol. The summed E-state index contributed by atoms with van der Waals surface area (Å²) >= 11 is 0. The van der Waals surface area contributed by atoms with E-state index in [0.717, 1.165) is 17.8 Å². The first-order valence-electron chi connectivity index (χ1n) is 10.6. The van der Waals surface area contributed by atoms with Crippen LogP contribution in [0.1, 0.15) is 99.3 Å². The molecular formula is C24H44. The fourth-order valence-electron chi connectivity index (χ4n) is 6.28. The van der Waals surface area contributed by atoms with Crippen LogP contribution >= 0.6 is 0 Å². The van der Waals surface area contributed by atoms with E-state index in [0.29, 0.717) is 10.8 Å². The molecule has 3 saturated carbocycles. The summed E-state index contributed by atoms with van der Waals surface area (Å²) < 4.78 is 0. The van der Waals surface area contributed by atoms with Crippen LogP contribution in [0.25, 0.3) is 0 Å². The molecule has 3 fully saturated rings. The summed E-state index contributed by atoms with van der Waals surface area (Å²) in [6.07, 6.45) is 14.8. The van der Waals surface area contributed by atoms with Gasteiger partial charge in [0.2, 0.25) is 0 Å². The van der Waals surface area contributed by atoms with Crippen LogP contribution in [0.2, 0.25) is 0 Å². The monoisotopic (exact) mass is 332 g/mol. The van der Waals surface area contributed by atoms with E-state index < -0.39 is 0 Å². The van der Waals surface area contributed by atoms with Crippen LogP contribution in [0, 0.1) is 28.6 Å². The number of allylic oxidation sites excluding steroid dienone is 2. The summed E-state index contributed by atoms with van der Waals surface area (Å²) in [6.45, 7) is 21.1. The zero-order valence-corrected chi connectivity index (χ0v) is 17.6. The van der Waals surface area contributed by atoms with Gasteiger partial charge in [-0.25, -0.2) is 0 Å². The molecule has 3 aliphatic carbocycles. The minimum Gasteiger partial charge on any atom is -0.103 e. The van der Waals surface area contributed by atoms with Gasteiger partial charge in [0.1, 0.15) is 0 Å². The second-order valence-electron chi connectivity index (χ2n) is 8.90. The van der Waals surface area contributed by atoms with Crippen LogP contribution in [-0.2, 0) is 0 Å². The van der Waals surface area contributed by atoms with Gasteiger partial charge < -0.3 is 0 Å². The van der Waals surface area contributed by atoms with Crippen molar-refractivity contribution in [2.24, 2.45) is 28.6 Å². The molecule has 0 aromatic carbocycles. The fraction of sp³-hybridized carbons (Fsp3) is 0.833. The molecular weight excluding hydrogens is 288 g/mol. The van der Waals surface area contributed by atoms with Crippen molar-refractivity contribution in [2.75, 3.05) is 0 Å². The summed E-state index contributed by atoms with van der Waals surface area (Å²) in [6, 6.07) is 0. The van der Waals surface area contributed by atoms with Gasteiger partial charge in [0.15, 0.2) is 0 Å². The highest BCUT2D eigenvalue weighted by Gasteiger charge is 2.52. The van der Waals surface area contributed by atoms with Crippen molar-refractivity contribution in [3.05, 3.63) is 24.8 Å². The highest BCUT2D eigenvalue weighted by molar-refractivity contribution is 5.16. The van der Waals surface area contributed by atoms with E-state index in [1.807, 2.05) is 20.8 Å². The van der Waals surface area contributed by atoms with E-state index in [1.54, 1.807) is 11.6 Å². The molecule has 5 atom stereocenters. The summed E-state index contributed by atoms with van der Waals surface area (Å²) in [5, 5.41) is 0. The Bertz CT molecular complexity index is 406. The van der Waals surface area contributed by atoms with Crippen molar-refractivity contribution in [2.45, 2.75) is 99.3 Å². The second kappa shape index (κ2) is 9.25. The molecule has 0 heterocycles. The molecule has 3 rings (SSSR count). The Kier molecular flexibility index (Phi) is 8.30. The normalized spacial score (nSPS) is 40.8. The maximum absolute atomic E-state index is 4.40. The summed E-state index contributed by atoms with van der Waals surface area (Å²) in [5.74, 6) is 2.82. The Balaban J connectivity index is 0.000000521. The standard InChI is InChI=1S/C19H32.C3H6.C2H6/c1-5-16-12-19(11-15(16)3)10-8-17-14(2)7-6-9-18(17,4)13-19;1-3-2;1-2/h14,16-17H,3,5-13H2,1-2,4H3;3H,1H2,2H3;1-2H3/t14?,16?,17?,18-,19+;;/m0../s1. The predicted octanol–water partition coefficient (Wildman–Crippen LogP) is 8.19. The lowest BCUT2D eigenvalue weighted by molar-refractivity contribution is -0.0407. The quantitative estimate of drug-likeness (QED) is 0.424. The van der Waals surface area contributed by atoms with Crippen LogP contribution < -0.4 is 0 Å². The van der Waals surface area contributed by atoms with Crippen molar-refractivity contribution in [3.63, 3.8) is 0 Å². The average molecular weight is 333 g/mol. The SMILES string of the molecule is C=C1C[C@]2(CCC3C(C)CCC[C@@]3(C)C2)CC1CC.C=CC.CC. The third kappa shape index (κ3) is 4.55. The van der Waals surface area contributed by atoms with Gasteiger partial charge >= 0.3 is 0 Å². The molecule has 3 unspecified atom stereocenters. The molecule has 140 valence electrons. The van der Waals surface area contributed by atoms with Crippen molar-refractivity contribution in [1.82, 2.24) is 0 Å². The van der Waals surface area contributed by atoms with Crippen LogP contribution in [0.15, 0.2) is 24.8 Å². The lowest BCUT2D eigenvalue weighted by atomic mass is 9.51. The van der Waals surface area contributed by atoms with Crippen molar-refractivity contribution >= 4 is 0 Å². The Morgan fingerprint density at radius 1 is 1.21 bits per heavy atom. The lowest BCUT2D eigenvalue weighted by Gasteiger charge is -2.54. The molecule has 24 heavy (non-hydrogen) atoms. The first-order valence-corrected chi connectivity index (χ1v) is 10.6. The van der Waals surface area contributed by atoms with E-state index in [-0.39, 0.29) is 0 Å². The zero-order valence-electron chi connectivity index (χ0n) is 17.6. The van der Waals surface area contributed by atoms with Gasteiger partial charge in [-0.1, -0.05) is 65.7 Å². The van der Waals surface area contributed by atoms with Crippen molar-refractivity contribution in [3.8, 4) is 0 Å². The highest BCUT2D eigenvalue weighted by Crippen LogP contribution is 2.63. The molecule has 0 aromatic rings. The first kappa shape index (κ1) is 21.5. The van der Waals surface area contributed by atoms with Crippen LogP contribution in [-0.4, -0.2) is 0 Å². The van der Waals surface area contributed by atoms with Gasteiger partial charge in [-0.2, -0.15) is 0 Å². The molecule has 0 bridgehead atoms. The maximum atomic E-state index is 4.40. The largest absolute Gasteiger partial charge is 0.103 e. The zero-order chi connectivity index (χ0) is 18.4. The molecule has 0 radical (unpaired) electrons. The van der Waals surface area contributed by atoms with Gasteiger partial charge in [0.05, 0.1) is 0 Å². The highest BCUT2D eigenvalue weighted by atomic mass is 14.6. The van der Waals surface area contributed by atoms with E-state index in [1.165, 1.54) is 57.8 Å². The Labute approximate surface area is 153 Å². The van der Waals surface area contributed by atoms with Gasteiger partial charge in [0.25, 0.3) is 0 Å². The molecule has 0 nitrogen and oxygen atoms in total. The van der Waals surface area contributed by atoms with E-state index in [4.69, 9.17) is 0 Å². The van der Waals surface area contributed by atoms with Crippen LogP contribution in [0.5, 0.6) is 0 Å². The second-order valence-corrected chi connectivity index (χ2v) is 8.90. The number of fused-ring (bicyclic) bond motifs is 1. The topological polar surface area (TPSA) is 0 Å². The molecule has 0 N–H and O–H groups in total. The van der Waals surface area contributed by atoms with E-state index >= 15 is 0 Å². The summed E-state index contributed by atoms with van der Waals surface area (Å²) in [4.78, 5) is 0. The molecule has 0 amide bonds. The number of hydrogen-bond acceptors (Lipinski definition) is 0. The minimum absolute atomic E-state index is 0.652. The van der Waals surface area contributed by atoms with E-state index in [2.05, 4.69) is 33.9 Å². The van der Waals surface area contributed by atoms with E-state index in [9.17, 15) is 0 Å². The van der Waals surface area contributed by atoms with Gasteiger partial charge in [0, 0.05) is 0 Å². The smallest absolute Gasteiger partial charge is 0.0203 e. The minimum atomic E-state index is 0.652. The lowest BCUT2D eigenvalue weighted by Crippen LogP contribution is -2.44. The summed E-state index contributed by atoms with van der Waals surface area (Å²) in [7, 11) is 0. The third-order valence-electron chi connectivity index (χ3n) is 7.11. The van der Waals surface area contributed by atoms with Crippen LogP contribution in [0.3, 0.4) is 0 Å². The third-order valence-corrected chi connectivity index (χ3v) is 7.11. The van der Waals surface area contributed by atoms with Gasteiger partial charge in [-0.15, -0.1) is 6.58 Å². The van der Waals surface area contributed by atoms with Gasteiger partial charge in [-0.3, -0.25) is 0 Å². The molecule has 0 heteroatoms. The summed E-state index contributed by atoms with van der Waals surface area (Å²) in [5.41, 5.74) is 2.88. The molecule has 1 spiro atoms. The molecule has 0 aliphatic heterocycles.